The van der Waals surface area contributed by atoms with Crippen molar-refractivity contribution in [3.8, 4) is 0 Å². The van der Waals surface area contributed by atoms with Gasteiger partial charge in [0.05, 0.1) is 13.2 Å². The molecule has 0 atom stereocenters. The molecule has 0 aliphatic carbocycles. The summed E-state index contributed by atoms with van der Waals surface area (Å²) in [6.45, 7) is 1.14. The summed E-state index contributed by atoms with van der Waals surface area (Å²) in [5.74, 6) is -0.862. The average Bonchev–Trinajstić information content (AvgIpc) is 2.91. The first-order chi connectivity index (χ1) is 8.83. The number of rotatable bonds is 2. The molecule has 0 saturated carbocycles. The Labute approximate surface area is 111 Å². The summed E-state index contributed by atoms with van der Waals surface area (Å²) in [5.41, 5.74) is 1.82. The van der Waals surface area contributed by atoms with Gasteiger partial charge in [-0.2, -0.15) is 0 Å². The zero-order valence-electron chi connectivity index (χ0n) is 9.80. The Bertz CT molecular complexity index is 533. The minimum atomic E-state index is -0.862. The molecule has 0 amide bonds. The van der Waals surface area contributed by atoms with Gasteiger partial charge in [-0.25, -0.2) is 0 Å². The van der Waals surface area contributed by atoms with Crippen LogP contribution in [0.2, 0.25) is 5.02 Å². The Kier molecular flexibility index (Phi) is 3.08. The predicted molar refractivity (Wildman–Crippen MR) is 70.6 cm³/mol. The van der Waals surface area contributed by atoms with Crippen LogP contribution in [0.3, 0.4) is 0 Å². The fraction of sp³-hybridized carbons (Fsp3) is 0.200. The molecule has 1 heterocycles. The maximum Gasteiger partial charge on any atom is 0.223 e. The highest BCUT2D eigenvalue weighted by Gasteiger charge is 2.41. The predicted octanol–water partition coefficient (Wildman–Crippen LogP) is 3.59. The quantitative estimate of drug-likeness (QED) is 0.822. The number of benzene rings is 2. The third-order valence-corrected chi connectivity index (χ3v) is 3.41. The van der Waals surface area contributed by atoms with Crippen LogP contribution in [0.1, 0.15) is 11.1 Å². The van der Waals surface area contributed by atoms with E-state index in [0.29, 0.717) is 18.2 Å². The highest BCUT2D eigenvalue weighted by atomic mass is 35.5. The Morgan fingerprint density at radius 1 is 0.833 bits per heavy atom. The second-order valence-electron chi connectivity index (χ2n) is 4.16. The van der Waals surface area contributed by atoms with Crippen LogP contribution in [-0.4, -0.2) is 13.2 Å². The van der Waals surface area contributed by atoms with E-state index in [0.717, 1.165) is 11.1 Å². The molecule has 2 nitrogen and oxygen atoms in total. The Hall–Kier alpha value is -1.35. The van der Waals surface area contributed by atoms with Gasteiger partial charge in [0.15, 0.2) is 0 Å². The molecule has 2 aromatic rings. The van der Waals surface area contributed by atoms with Crippen molar-refractivity contribution < 1.29 is 9.47 Å². The summed E-state index contributed by atoms with van der Waals surface area (Å²) in [7, 11) is 0. The summed E-state index contributed by atoms with van der Waals surface area (Å²) in [5, 5.41) is 0.656. The molecule has 1 aliphatic heterocycles. The minimum Gasteiger partial charge on any atom is -0.340 e. The molecular weight excluding hydrogens is 248 g/mol. The van der Waals surface area contributed by atoms with Gasteiger partial charge < -0.3 is 9.47 Å². The van der Waals surface area contributed by atoms with Crippen molar-refractivity contribution in [1.82, 2.24) is 0 Å². The number of ether oxygens (including phenoxy) is 2. The SMILES string of the molecule is Clc1ccccc1C1(c2ccccc2)OCCO1. The fourth-order valence-corrected chi connectivity index (χ4v) is 2.54. The molecule has 1 fully saturated rings. The molecule has 3 rings (SSSR count). The van der Waals surface area contributed by atoms with Gasteiger partial charge in [0.1, 0.15) is 0 Å². The standard InChI is InChI=1S/C15H13ClO2/c16-14-9-5-4-8-13(14)15(17-10-11-18-15)12-6-2-1-3-7-12/h1-9H,10-11H2. The zero-order chi connectivity index (χ0) is 12.4. The van der Waals surface area contributed by atoms with Crippen LogP contribution >= 0.6 is 11.6 Å². The summed E-state index contributed by atoms with van der Waals surface area (Å²) < 4.78 is 11.8. The second kappa shape index (κ2) is 4.73. The molecule has 18 heavy (non-hydrogen) atoms. The van der Waals surface area contributed by atoms with Gasteiger partial charge in [-0.05, 0) is 6.07 Å². The van der Waals surface area contributed by atoms with Gasteiger partial charge >= 0.3 is 0 Å². The van der Waals surface area contributed by atoms with Gasteiger partial charge in [-0.3, -0.25) is 0 Å². The summed E-state index contributed by atoms with van der Waals surface area (Å²) in [4.78, 5) is 0. The molecule has 0 radical (unpaired) electrons. The van der Waals surface area contributed by atoms with Crippen LogP contribution in [0, 0.1) is 0 Å². The van der Waals surface area contributed by atoms with Gasteiger partial charge in [0.2, 0.25) is 5.79 Å². The lowest BCUT2D eigenvalue weighted by atomic mass is 9.97. The molecule has 92 valence electrons. The van der Waals surface area contributed by atoms with Gasteiger partial charge in [0.25, 0.3) is 0 Å². The molecule has 1 aliphatic rings. The largest absolute Gasteiger partial charge is 0.340 e. The molecule has 0 N–H and O–H groups in total. The van der Waals surface area contributed by atoms with Gasteiger partial charge in [-0.1, -0.05) is 60.1 Å². The smallest absolute Gasteiger partial charge is 0.223 e. The number of halogens is 1. The first kappa shape index (κ1) is 11.7. The van der Waals surface area contributed by atoms with Crippen molar-refractivity contribution in [3.63, 3.8) is 0 Å². The van der Waals surface area contributed by atoms with Crippen LogP contribution in [0.15, 0.2) is 54.6 Å². The van der Waals surface area contributed by atoms with Crippen LogP contribution in [0.25, 0.3) is 0 Å². The summed E-state index contributed by atoms with van der Waals surface area (Å²) in [6, 6.07) is 17.5. The number of hydrogen-bond donors (Lipinski definition) is 0. The monoisotopic (exact) mass is 260 g/mol. The summed E-state index contributed by atoms with van der Waals surface area (Å²) >= 11 is 6.28. The molecule has 1 saturated heterocycles. The molecule has 0 unspecified atom stereocenters. The lowest BCUT2D eigenvalue weighted by molar-refractivity contribution is -0.129. The molecule has 0 aromatic heterocycles. The van der Waals surface area contributed by atoms with Crippen LogP contribution in [0.4, 0.5) is 0 Å². The Balaban J connectivity index is 2.16. The van der Waals surface area contributed by atoms with E-state index in [1.165, 1.54) is 0 Å². The molecule has 0 spiro atoms. The van der Waals surface area contributed by atoms with Crippen LogP contribution in [-0.2, 0) is 15.3 Å². The van der Waals surface area contributed by atoms with E-state index in [-0.39, 0.29) is 0 Å². The molecule has 0 bridgehead atoms. The Morgan fingerprint density at radius 3 is 2.11 bits per heavy atom. The van der Waals surface area contributed by atoms with Crippen molar-refractivity contribution >= 4 is 11.6 Å². The van der Waals surface area contributed by atoms with E-state index in [9.17, 15) is 0 Å². The van der Waals surface area contributed by atoms with Crippen LogP contribution < -0.4 is 0 Å². The van der Waals surface area contributed by atoms with Crippen LogP contribution in [0.5, 0.6) is 0 Å². The first-order valence-corrected chi connectivity index (χ1v) is 6.29. The zero-order valence-corrected chi connectivity index (χ0v) is 10.6. The third kappa shape index (κ3) is 1.83. The van der Waals surface area contributed by atoms with Crippen molar-refractivity contribution in [3.05, 3.63) is 70.7 Å². The second-order valence-corrected chi connectivity index (χ2v) is 4.57. The van der Waals surface area contributed by atoms with E-state index in [4.69, 9.17) is 21.1 Å². The normalized spacial score (nSPS) is 17.8. The minimum absolute atomic E-state index is 0.570. The van der Waals surface area contributed by atoms with Crippen molar-refractivity contribution in [2.75, 3.05) is 13.2 Å². The highest BCUT2D eigenvalue weighted by Crippen LogP contribution is 2.41. The molecule has 3 heteroatoms. The highest BCUT2D eigenvalue weighted by molar-refractivity contribution is 6.31. The molecular formula is C15H13ClO2. The van der Waals surface area contributed by atoms with Crippen molar-refractivity contribution in [2.45, 2.75) is 5.79 Å². The van der Waals surface area contributed by atoms with E-state index in [2.05, 4.69) is 0 Å². The fourth-order valence-electron chi connectivity index (χ4n) is 2.28. The lowest BCUT2D eigenvalue weighted by Gasteiger charge is -2.29. The van der Waals surface area contributed by atoms with Gasteiger partial charge in [0, 0.05) is 16.1 Å². The average molecular weight is 261 g/mol. The maximum absolute atomic E-state index is 6.28. The Morgan fingerprint density at radius 2 is 1.44 bits per heavy atom. The van der Waals surface area contributed by atoms with Crippen molar-refractivity contribution in [2.24, 2.45) is 0 Å². The number of hydrogen-bond acceptors (Lipinski definition) is 2. The first-order valence-electron chi connectivity index (χ1n) is 5.91. The van der Waals surface area contributed by atoms with E-state index < -0.39 is 5.79 Å². The van der Waals surface area contributed by atoms with E-state index in [1.54, 1.807) is 0 Å². The summed E-state index contributed by atoms with van der Waals surface area (Å²) in [6.07, 6.45) is 0. The van der Waals surface area contributed by atoms with Crippen molar-refractivity contribution in [1.29, 1.82) is 0 Å². The maximum atomic E-state index is 6.28. The molecule has 2 aromatic carbocycles. The topological polar surface area (TPSA) is 18.5 Å². The third-order valence-electron chi connectivity index (χ3n) is 3.08. The van der Waals surface area contributed by atoms with E-state index in [1.807, 2.05) is 54.6 Å². The van der Waals surface area contributed by atoms with E-state index >= 15 is 0 Å². The van der Waals surface area contributed by atoms with Gasteiger partial charge in [-0.15, -0.1) is 0 Å². The lowest BCUT2D eigenvalue weighted by Crippen LogP contribution is -2.29.